The van der Waals surface area contributed by atoms with E-state index in [1.54, 1.807) is 18.6 Å². The molecule has 0 amide bonds. The second-order valence-corrected chi connectivity index (χ2v) is 7.53. The van der Waals surface area contributed by atoms with Gasteiger partial charge in [0.1, 0.15) is 5.82 Å². The molecular formula is C23H23N7O. The van der Waals surface area contributed by atoms with E-state index in [1.807, 2.05) is 24.3 Å². The van der Waals surface area contributed by atoms with E-state index < -0.39 is 0 Å². The van der Waals surface area contributed by atoms with Crippen molar-refractivity contribution in [3.8, 4) is 0 Å². The van der Waals surface area contributed by atoms with Gasteiger partial charge < -0.3 is 9.64 Å². The molecule has 1 aromatic carbocycles. The fourth-order valence-electron chi connectivity index (χ4n) is 3.76. The highest BCUT2D eigenvalue weighted by atomic mass is 16.5. The Bertz CT molecular complexity index is 1140. The summed E-state index contributed by atoms with van der Waals surface area (Å²) in [5.74, 6) is 2.02. The molecule has 1 fully saturated rings. The molecule has 8 nitrogen and oxygen atoms in total. The zero-order valence-corrected chi connectivity index (χ0v) is 17.3. The lowest BCUT2D eigenvalue weighted by molar-refractivity contribution is 0.122. The lowest BCUT2D eigenvalue weighted by Gasteiger charge is -2.29. The van der Waals surface area contributed by atoms with E-state index in [9.17, 15) is 0 Å². The number of fused-ring (bicyclic) bond motifs is 1. The van der Waals surface area contributed by atoms with Gasteiger partial charge in [0, 0.05) is 37.5 Å². The average molecular weight is 413 g/mol. The van der Waals surface area contributed by atoms with Crippen molar-refractivity contribution in [2.45, 2.75) is 13.3 Å². The predicted molar refractivity (Wildman–Crippen MR) is 122 cm³/mol. The second-order valence-electron chi connectivity index (χ2n) is 7.53. The van der Waals surface area contributed by atoms with Gasteiger partial charge in [0.15, 0.2) is 5.82 Å². The Kier molecular flexibility index (Phi) is 5.37. The maximum absolute atomic E-state index is 5.52. The first kappa shape index (κ1) is 19.3. The zero-order chi connectivity index (χ0) is 21.0. The first-order valence-electron chi connectivity index (χ1n) is 10.3. The number of aromatic nitrogens is 3. The van der Waals surface area contributed by atoms with Crippen LogP contribution in [-0.4, -0.2) is 53.2 Å². The van der Waals surface area contributed by atoms with Crippen LogP contribution in [0.3, 0.4) is 0 Å². The third-order valence-corrected chi connectivity index (χ3v) is 5.29. The number of anilines is 2. The zero-order valence-electron chi connectivity index (χ0n) is 17.3. The molecule has 0 spiro atoms. The van der Waals surface area contributed by atoms with Crippen LogP contribution in [0.2, 0.25) is 0 Å². The van der Waals surface area contributed by atoms with E-state index in [2.05, 4.69) is 44.5 Å². The summed E-state index contributed by atoms with van der Waals surface area (Å²) in [5.41, 5.74) is 8.25. The summed E-state index contributed by atoms with van der Waals surface area (Å²) in [6, 6.07) is 12.1. The summed E-state index contributed by atoms with van der Waals surface area (Å²) in [5, 5.41) is 4.34. The number of rotatable bonds is 5. The number of aryl methyl sites for hydroxylation is 1. The number of hydrogen-bond donors (Lipinski definition) is 1. The van der Waals surface area contributed by atoms with Crippen molar-refractivity contribution < 1.29 is 4.74 Å². The van der Waals surface area contributed by atoms with Crippen molar-refractivity contribution in [1.29, 1.82) is 0 Å². The number of morpholine rings is 1. The van der Waals surface area contributed by atoms with Crippen LogP contribution in [0, 0.1) is 6.92 Å². The van der Waals surface area contributed by atoms with E-state index >= 15 is 0 Å². The van der Waals surface area contributed by atoms with Crippen LogP contribution in [0.25, 0.3) is 0 Å². The minimum atomic E-state index is 0.434. The van der Waals surface area contributed by atoms with E-state index in [4.69, 9.17) is 14.7 Å². The van der Waals surface area contributed by atoms with Gasteiger partial charge in [-0.05, 0) is 30.2 Å². The lowest BCUT2D eigenvalue weighted by atomic mass is 10.1. The first-order valence-corrected chi connectivity index (χ1v) is 10.3. The monoisotopic (exact) mass is 413 g/mol. The number of ether oxygens (including phenoxy) is 1. The molecule has 31 heavy (non-hydrogen) atoms. The number of nitrogens with zero attached hydrogens (tertiary/aromatic N) is 6. The molecule has 1 saturated heterocycles. The average Bonchev–Trinajstić information content (AvgIpc) is 3.24. The van der Waals surface area contributed by atoms with Crippen LogP contribution < -0.4 is 10.3 Å². The molecule has 4 heterocycles. The van der Waals surface area contributed by atoms with E-state index in [1.165, 1.54) is 5.56 Å². The highest BCUT2D eigenvalue weighted by Crippen LogP contribution is 2.35. The predicted octanol–water partition coefficient (Wildman–Crippen LogP) is 3.14. The highest BCUT2D eigenvalue weighted by molar-refractivity contribution is 6.07. The summed E-state index contributed by atoms with van der Waals surface area (Å²) in [7, 11) is 0. The van der Waals surface area contributed by atoms with Crippen LogP contribution in [0.4, 0.5) is 17.6 Å². The molecule has 0 saturated carbocycles. The van der Waals surface area contributed by atoms with Crippen molar-refractivity contribution in [2.24, 2.45) is 10.1 Å². The van der Waals surface area contributed by atoms with Crippen LogP contribution in [-0.2, 0) is 11.2 Å². The Hall–Kier alpha value is -3.65. The maximum Gasteiger partial charge on any atom is 0.247 e. The summed E-state index contributed by atoms with van der Waals surface area (Å²) >= 11 is 0. The molecule has 2 aromatic heterocycles. The third kappa shape index (κ3) is 4.29. The summed E-state index contributed by atoms with van der Waals surface area (Å²) < 4.78 is 5.52. The van der Waals surface area contributed by atoms with Gasteiger partial charge in [0.05, 0.1) is 25.1 Å². The largest absolute Gasteiger partial charge is 0.378 e. The molecule has 156 valence electrons. The van der Waals surface area contributed by atoms with Gasteiger partial charge in [0.25, 0.3) is 0 Å². The molecular weight excluding hydrogens is 390 g/mol. The SMILES string of the molecule is Cc1cccc(/C=N/Nc2nc3c(c(N4CCOCC4)n2)CC(c2ccncc2)=N3)c1. The van der Waals surface area contributed by atoms with Crippen molar-refractivity contribution in [3.63, 3.8) is 0 Å². The van der Waals surface area contributed by atoms with Crippen LogP contribution in [0.15, 0.2) is 58.9 Å². The number of benzene rings is 1. The molecule has 0 radical (unpaired) electrons. The number of hydrogen-bond acceptors (Lipinski definition) is 8. The lowest BCUT2D eigenvalue weighted by Crippen LogP contribution is -2.37. The standard InChI is InChI=1S/C23H23N7O/c1-16-3-2-4-17(13-16)15-25-29-23-27-21-19(22(28-23)30-9-11-31-12-10-30)14-20(26-21)18-5-7-24-8-6-18/h2-8,13,15H,9-12,14H2,1H3,(H,27,28,29)/b25-15+. The van der Waals surface area contributed by atoms with Gasteiger partial charge in [-0.25, -0.2) is 10.4 Å². The molecule has 0 aliphatic carbocycles. The maximum atomic E-state index is 5.52. The van der Waals surface area contributed by atoms with Crippen molar-refractivity contribution in [3.05, 3.63) is 71.0 Å². The van der Waals surface area contributed by atoms with Crippen LogP contribution >= 0.6 is 0 Å². The Labute approximate surface area is 180 Å². The molecule has 0 unspecified atom stereocenters. The summed E-state index contributed by atoms with van der Waals surface area (Å²) in [4.78, 5) is 20.6. The fourth-order valence-corrected chi connectivity index (χ4v) is 3.76. The number of hydrazone groups is 1. The molecule has 2 aliphatic rings. The first-order chi connectivity index (χ1) is 15.3. The van der Waals surface area contributed by atoms with Crippen molar-refractivity contribution in [2.75, 3.05) is 36.6 Å². The molecule has 5 rings (SSSR count). The Morgan fingerprint density at radius 1 is 1.10 bits per heavy atom. The molecule has 2 aliphatic heterocycles. The summed E-state index contributed by atoms with van der Waals surface area (Å²) in [6.07, 6.45) is 6.02. The topological polar surface area (TPSA) is 87.9 Å². The molecule has 1 N–H and O–H groups in total. The summed E-state index contributed by atoms with van der Waals surface area (Å²) in [6.45, 7) is 5.01. The normalized spacial score (nSPS) is 15.8. The smallest absolute Gasteiger partial charge is 0.247 e. The number of pyridine rings is 1. The second kappa shape index (κ2) is 8.61. The van der Waals surface area contributed by atoms with E-state index in [-0.39, 0.29) is 0 Å². The Morgan fingerprint density at radius 3 is 2.74 bits per heavy atom. The van der Waals surface area contributed by atoms with Gasteiger partial charge in [-0.15, -0.1) is 0 Å². The van der Waals surface area contributed by atoms with Crippen molar-refractivity contribution >= 4 is 29.5 Å². The molecule has 0 bridgehead atoms. The van der Waals surface area contributed by atoms with Gasteiger partial charge in [-0.1, -0.05) is 29.8 Å². The van der Waals surface area contributed by atoms with Gasteiger partial charge in [0.2, 0.25) is 5.95 Å². The Balaban J connectivity index is 1.45. The quantitative estimate of drug-likeness (QED) is 0.511. The minimum Gasteiger partial charge on any atom is -0.378 e. The number of aliphatic imine (C=N–C) groups is 1. The molecule has 8 heteroatoms. The highest BCUT2D eigenvalue weighted by Gasteiger charge is 2.26. The minimum absolute atomic E-state index is 0.434. The van der Waals surface area contributed by atoms with Crippen LogP contribution in [0.5, 0.6) is 0 Å². The third-order valence-electron chi connectivity index (χ3n) is 5.29. The van der Waals surface area contributed by atoms with Crippen molar-refractivity contribution in [1.82, 2.24) is 15.0 Å². The fraction of sp³-hybridized carbons (Fsp3) is 0.261. The number of nitrogens with one attached hydrogen (secondary N) is 1. The van der Waals surface area contributed by atoms with Gasteiger partial charge >= 0.3 is 0 Å². The van der Waals surface area contributed by atoms with Gasteiger partial charge in [-0.3, -0.25) is 4.98 Å². The Morgan fingerprint density at radius 2 is 1.94 bits per heavy atom. The van der Waals surface area contributed by atoms with Gasteiger partial charge in [-0.2, -0.15) is 15.1 Å². The molecule has 0 atom stereocenters. The van der Waals surface area contributed by atoms with E-state index in [0.717, 1.165) is 41.3 Å². The van der Waals surface area contributed by atoms with Crippen LogP contribution in [0.1, 0.15) is 22.3 Å². The van der Waals surface area contributed by atoms with E-state index in [0.29, 0.717) is 31.4 Å². The molecule has 3 aromatic rings.